The lowest BCUT2D eigenvalue weighted by Gasteiger charge is -2.34. The quantitative estimate of drug-likeness (QED) is 0.790. The smallest absolute Gasteiger partial charge is 0.219 e. The molecule has 0 N–H and O–H groups in total. The Labute approximate surface area is 116 Å². The summed E-state index contributed by atoms with van der Waals surface area (Å²) in [5.74, 6) is 0.169. The molecule has 18 heavy (non-hydrogen) atoms. The summed E-state index contributed by atoms with van der Waals surface area (Å²) >= 11 is 6.47. The normalized spacial score (nSPS) is 22.4. The van der Waals surface area contributed by atoms with Crippen LogP contribution in [0.2, 0.25) is 0 Å². The Hall–Kier alpha value is -0.680. The molecule has 0 bridgehead atoms. The molecule has 2 rings (SSSR count). The van der Waals surface area contributed by atoms with Gasteiger partial charge in [-0.3, -0.25) is 4.98 Å². The molecule has 0 aliphatic heterocycles. The highest BCUT2D eigenvalue weighted by Gasteiger charge is 2.33. The Morgan fingerprint density at radius 3 is 2.94 bits per heavy atom. The van der Waals surface area contributed by atoms with E-state index in [1.807, 2.05) is 19.2 Å². The zero-order chi connectivity index (χ0) is 13.1. The molecule has 1 fully saturated rings. The number of thiocarbonyl (C=S) groups is 1. The predicted molar refractivity (Wildman–Crippen MR) is 76.5 cm³/mol. The number of ether oxygens (including phenoxy) is 1. The van der Waals surface area contributed by atoms with E-state index in [2.05, 4.69) is 4.98 Å². The number of halogens is 1. The minimum absolute atomic E-state index is 0.201. The van der Waals surface area contributed by atoms with Crippen molar-refractivity contribution in [2.24, 2.45) is 0 Å². The Morgan fingerprint density at radius 1 is 1.61 bits per heavy atom. The van der Waals surface area contributed by atoms with E-state index in [9.17, 15) is 4.39 Å². The summed E-state index contributed by atoms with van der Waals surface area (Å²) in [5, 5.41) is 0. The second-order valence-corrected chi connectivity index (χ2v) is 5.82. The molecule has 1 aliphatic carbocycles. The summed E-state index contributed by atoms with van der Waals surface area (Å²) in [6.07, 6.45) is 5.98. The van der Waals surface area contributed by atoms with Gasteiger partial charge in [-0.15, -0.1) is 0 Å². The zero-order valence-electron chi connectivity index (χ0n) is 10.5. The van der Waals surface area contributed by atoms with E-state index in [4.69, 9.17) is 17.0 Å². The lowest BCUT2D eigenvalue weighted by Crippen LogP contribution is -2.31. The minimum Gasteiger partial charge on any atom is -0.475 e. The van der Waals surface area contributed by atoms with E-state index in [0.717, 1.165) is 24.1 Å². The molecular weight excluding hydrogens is 269 g/mol. The summed E-state index contributed by atoms with van der Waals surface area (Å²) in [6, 6.07) is 1.88. The maximum Gasteiger partial charge on any atom is 0.219 e. The van der Waals surface area contributed by atoms with Crippen LogP contribution in [0.3, 0.4) is 0 Å². The van der Waals surface area contributed by atoms with Crippen molar-refractivity contribution in [2.45, 2.75) is 38.2 Å². The van der Waals surface area contributed by atoms with Gasteiger partial charge >= 0.3 is 0 Å². The summed E-state index contributed by atoms with van der Waals surface area (Å²) in [7, 11) is 0. The summed E-state index contributed by atoms with van der Waals surface area (Å²) in [4.78, 5) is 4.17. The van der Waals surface area contributed by atoms with Gasteiger partial charge in [0.1, 0.15) is 11.9 Å². The molecule has 0 saturated heterocycles. The molecule has 1 aliphatic rings. The number of aryl methyl sites for hydroxylation is 1. The van der Waals surface area contributed by atoms with Gasteiger partial charge in [-0.25, -0.2) is 4.39 Å². The van der Waals surface area contributed by atoms with Crippen molar-refractivity contribution < 1.29 is 9.13 Å². The van der Waals surface area contributed by atoms with Crippen LogP contribution in [-0.4, -0.2) is 21.7 Å². The second-order valence-electron chi connectivity index (χ2n) is 4.42. The SMILES string of the molecule is CCc1cc(C2CC(OC(=S)SC)C2)ncc1F. The van der Waals surface area contributed by atoms with E-state index in [1.165, 1.54) is 18.0 Å². The van der Waals surface area contributed by atoms with Crippen molar-refractivity contribution in [3.8, 4) is 0 Å². The topological polar surface area (TPSA) is 22.1 Å². The number of hydrogen-bond acceptors (Lipinski definition) is 4. The third kappa shape index (κ3) is 3.01. The standard InChI is InChI=1S/C13H16FNOS2/c1-3-8-6-12(15-7-11(8)14)9-4-10(5-9)16-13(17)18-2/h6-7,9-10H,3-5H2,1-2H3. The van der Waals surface area contributed by atoms with E-state index < -0.39 is 0 Å². The molecule has 0 spiro atoms. The van der Waals surface area contributed by atoms with Gasteiger partial charge < -0.3 is 4.74 Å². The van der Waals surface area contributed by atoms with Crippen molar-refractivity contribution in [3.63, 3.8) is 0 Å². The molecule has 1 aromatic heterocycles. The lowest BCUT2D eigenvalue weighted by atomic mass is 9.79. The number of aromatic nitrogens is 1. The van der Waals surface area contributed by atoms with E-state index >= 15 is 0 Å². The van der Waals surface area contributed by atoms with Crippen molar-refractivity contribution in [2.75, 3.05) is 6.26 Å². The molecule has 1 aromatic rings. The third-order valence-corrected chi connectivity index (χ3v) is 4.31. The molecule has 1 heterocycles. The largest absolute Gasteiger partial charge is 0.475 e. The molecule has 1 saturated carbocycles. The van der Waals surface area contributed by atoms with Crippen molar-refractivity contribution in [1.29, 1.82) is 0 Å². The van der Waals surface area contributed by atoms with Crippen molar-refractivity contribution >= 4 is 28.4 Å². The minimum atomic E-state index is -0.211. The van der Waals surface area contributed by atoms with Crippen LogP contribution in [0.5, 0.6) is 0 Å². The van der Waals surface area contributed by atoms with Gasteiger partial charge in [0.2, 0.25) is 4.38 Å². The second kappa shape index (κ2) is 5.97. The Kier molecular flexibility index (Phi) is 4.56. The molecule has 0 amide bonds. The molecule has 98 valence electrons. The van der Waals surface area contributed by atoms with Crippen LogP contribution in [-0.2, 0) is 11.2 Å². The highest BCUT2D eigenvalue weighted by molar-refractivity contribution is 8.22. The lowest BCUT2D eigenvalue weighted by molar-refractivity contribution is 0.0937. The monoisotopic (exact) mass is 285 g/mol. The molecule has 0 unspecified atom stereocenters. The van der Waals surface area contributed by atoms with Crippen molar-refractivity contribution in [3.05, 3.63) is 29.3 Å². The van der Waals surface area contributed by atoms with E-state index in [1.54, 1.807) is 0 Å². The molecule has 2 nitrogen and oxygen atoms in total. The highest BCUT2D eigenvalue weighted by Crippen LogP contribution is 2.38. The Bertz CT molecular complexity index is 447. The van der Waals surface area contributed by atoms with Gasteiger partial charge in [0.15, 0.2) is 0 Å². The van der Waals surface area contributed by atoms with E-state index in [0.29, 0.717) is 16.7 Å². The van der Waals surface area contributed by atoms with Gasteiger partial charge in [-0.05, 0) is 49.4 Å². The van der Waals surface area contributed by atoms with Crippen LogP contribution in [0.15, 0.2) is 12.3 Å². The first-order valence-electron chi connectivity index (χ1n) is 6.03. The number of nitrogens with zero attached hydrogens (tertiary/aromatic N) is 1. The van der Waals surface area contributed by atoms with Gasteiger partial charge in [-0.2, -0.15) is 0 Å². The fraction of sp³-hybridized carbons (Fsp3) is 0.538. The molecule has 5 heteroatoms. The number of thioether (sulfide) groups is 1. The maximum atomic E-state index is 13.3. The highest BCUT2D eigenvalue weighted by atomic mass is 32.2. The van der Waals surface area contributed by atoms with Gasteiger partial charge in [0.25, 0.3) is 0 Å². The predicted octanol–water partition coefficient (Wildman–Crippen LogP) is 3.69. The fourth-order valence-electron chi connectivity index (χ4n) is 2.08. The fourth-order valence-corrected chi connectivity index (χ4v) is 2.45. The van der Waals surface area contributed by atoms with Crippen LogP contribution in [0.4, 0.5) is 4.39 Å². The third-order valence-electron chi connectivity index (χ3n) is 3.28. The van der Waals surface area contributed by atoms with Crippen LogP contribution in [0.1, 0.15) is 36.9 Å². The molecular formula is C13H16FNOS2. The van der Waals surface area contributed by atoms with Crippen molar-refractivity contribution in [1.82, 2.24) is 4.98 Å². The molecule has 0 aromatic carbocycles. The first kappa shape index (κ1) is 13.7. The summed E-state index contributed by atoms with van der Waals surface area (Å²) in [6.45, 7) is 1.95. The maximum absolute atomic E-state index is 13.3. The number of hydrogen-bond donors (Lipinski definition) is 0. The summed E-state index contributed by atoms with van der Waals surface area (Å²) < 4.78 is 19.5. The van der Waals surface area contributed by atoms with E-state index in [-0.39, 0.29) is 11.9 Å². The first-order valence-corrected chi connectivity index (χ1v) is 7.66. The summed E-state index contributed by atoms with van der Waals surface area (Å²) in [5.41, 5.74) is 1.71. The van der Waals surface area contributed by atoms with Gasteiger partial charge in [0, 0.05) is 11.6 Å². The Balaban J connectivity index is 1.94. The Morgan fingerprint density at radius 2 is 2.33 bits per heavy atom. The van der Waals surface area contributed by atoms with Gasteiger partial charge in [0.05, 0.1) is 6.20 Å². The van der Waals surface area contributed by atoms with Gasteiger partial charge in [-0.1, -0.05) is 18.7 Å². The van der Waals surface area contributed by atoms with Crippen LogP contribution in [0, 0.1) is 5.82 Å². The average Bonchev–Trinajstić information content (AvgIpc) is 2.34. The molecule has 0 atom stereocenters. The average molecular weight is 285 g/mol. The van der Waals surface area contributed by atoms with Crippen LogP contribution < -0.4 is 0 Å². The number of rotatable bonds is 3. The molecule has 0 radical (unpaired) electrons. The number of pyridine rings is 1. The zero-order valence-corrected chi connectivity index (χ0v) is 12.1. The van der Waals surface area contributed by atoms with Crippen LogP contribution in [0.25, 0.3) is 0 Å². The van der Waals surface area contributed by atoms with Crippen LogP contribution >= 0.6 is 24.0 Å². The first-order chi connectivity index (χ1) is 8.63.